The lowest BCUT2D eigenvalue weighted by atomic mass is 9.94. The number of nitrogens with zero attached hydrogens (tertiary/aromatic N) is 3. The molecule has 9 aromatic rings. The zero-order chi connectivity index (χ0) is 31.9. The zero-order valence-corrected chi connectivity index (χ0v) is 26.1. The lowest BCUT2D eigenvalue weighted by Crippen LogP contribution is -1.93. The molecule has 0 fully saturated rings. The maximum absolute atomic E-state index is 5.24. The first-order chi connectivity index (χ1) is 23.8. The number of hydrogen-bond acceptors (Lipinski definition) is 3. The summed E-state index contributed by atoms with van der Waals surface area (Å²) in [6, 6.07) is 58.0. The summed E-state index contributed by atoms with van der Waals surface area (Å²) < 4.78 is 0. The van der Waals surface area contributed by atoms with Crippen molar-refractivity contribution in [3.05, 3.63) is 176 Å². The summed E-state index contributed by atoms with van der Waals surface area (Å²) in [5, 5.41) is 4.54. The molecular weight excluding hydrogens is 583 g/mol. The summed E-state index contributed by atoms with van der Waals surface area (Å²) >= 11 is 0. The monoisotopic (exact) mass is 611 g/mol. The Bertz CT molecular complexity index is 2440. The molecule has 0 aliphatic heterocycles. The molecule has 0 amide bonds. The van der Waals surface area contributed by atoms with Crippen LogP contribution in [0, 0.1) is 0 Å². The lowest BCUT2D eigenvalue weighted by Gasteiger charge is -2.13. The molecule has 0 saturated carbocycles. The second-order valence-electron chi connectivity index (χ2n) is 12.1. The minimum absolute atomic E-state index is 0.922. The van der Waals surface area contributed by atoms with Gasteiger partial charge >= 0.3 is 0 Å². The third-order valence-corrected chi connectivity index (χ3v) is 9.18. The summed E-state index contributed by atoms with van der Waals surface area (Å²) in [6.07, 6.45) is 3.55. The largest absolute Gasteiger partial charge is 0.252 e. The Kier molecular flexibility index (Phi) is 6.80. The van der Waals surface area contributed by atoms with Crippen molar-refractivity contribution in [3.63, 3.8) is 0 Å². The number of rotatable bonds is 5. The Hall–Kier alpha value is -6.45. The van der Waals surface area contributed by atoms with Crippen LogP contribution < -0.4 is 0 Å². The van der Waals surface area contributed by atoms with Crippen molar-refractivity contribution in [2.45, 2.75) is 0 Å². The highest BCUT2D eigenvalue weighted by Crippen LogP contribution is 2.37. The van der Waals surface area contributed by atoms with Crippen molar-refractivity contribution < 1.29 is 0 Å². The van der Waals surface area contributed by atoms with Gasteiger partial charge in [-0.2, -0.15) is 0 Å². The predicted octanol–water partition coefficient (Wildman–Crippen LogP) is 11.7. The summed E-state index contributed by atoms with van der Waals surface area (Å²) in [6.45, 7) is 0. The molecule has 9 rings (SSSR count). The zero-order valence-electron chi connectivity index (χ0n) is 26.1. The van der Waals surface area contributed by atoms with E-state index in [4.69, 9.17) is 15.0 Å². The average Bonchev–Trinajstić information content (AvgIpc) is 3.18. The highest BCUT2D eigenvalue weighted by Gasteiger charge is 2.14. The summed E-state index contributed by atoms with van der Waals surface area (Å²) in [5.41, 5.74) is 12.9. The number of fused-ring (bicyclic) bond motifs is 6. The highest BCUT2D eigenvalue weighted by atomic mass is 14.8. The van der Waals surface area contributed by atoms with Crippen molar-refractivity contribution in [1.29, 1.82) is 0 Å². The minimum Gasteiger partial charge on any atom is -0.252 e. The molecule has 2 aromatic heterocycles. The quantitative estimate of drug-likeness (QED) is 0.182. The first-order valence-electron chi connectivity index (χ1n) is 16.2. The molecule has 2 heterocycles. The van der Waals surface area contributed by atoms with Gasteiger partial charge in [0.2, 0.25) is 0 Å². The van der Waals surface area contributed by atoms with E-state index in [9.17, 15) is 0 Å². The number of hydrogen-bond donors (Lipinski definition) is 0. The molecule has 0 aliphatic rings. The Labute approximate surface area is 278 Å². The molecule has 0 bridgehead atoms. The number of aromatic nitrogens is 3. The van der Waals surface area contributed by atoms with Crippen LogP contribution in [0.15, 0.2) is 176 Å². The fourth-order valence-electron chi connectivity index (χ4n) is 6.73. The van der Waals surface area contributed by atoms with E-state index in [-0.39, 0.29) is 0 Å². The summed E-state index contributed by atoms with van der Waals surface area (Å²) in [7, 11) is 0. The van der Waals surface area contributed by atoms with E-state index in [2.05, 4.69) is 152 Å². The van der Waals surface area contributed by atoms with Crippen LogP contribution in [0.1, 0.15) is 0 Å². The summed E-state index contributed by atoms with van der Waals surface area (Å²) in [4.78, 5) is 14.7. The van der Waals surface area contributed by atoms with E-state index in [0.29, 0.717) is 0 Å². The minimum atomic E-state index is 0.922. The molecule has 3 nitrogen and oxygen atoms in total. The molecule has 0 atom stereocenters. The van der Waals surface area contributed by atoms with Gasteiger partial charge in [0.25, 0.3) is 0 Å². The van der Waals surface area contributed by atoms with Crippen LogP contribution in [0.2, 0.25) is 0 Å². The van der Waals surface area contributed by atoms with Gasteiger partial charge in [-0.15, -0.1) is 0 Å². The Morgan fingerprint density at radius 2 is 0.688 bits per heavy atom. The van der Waals surface area contributed by atoms with Gasteiger partial charge in [0.1, 0.15) is 0 Å². The summed E-state index contributed by atoms with van der Waals surface area (Å²) in [5.74, 6) is 0. The lowest BCUT2D eigenvalue weighted by molar-refractivity contribution is 1.31. The van der Waals surface area contributed by atoms with Crippen LogP contribution in [0.25, 0.3) is 88.5 Å². The van der Waals surface area contributed by atoms with Gasteiger partial charge in [-0.1, -0.05) is 146 Å². The van der Waals surface area contributed by atoms with Gasteiger partial charge in [0.05, 0.1) is 22.4 Å². The molecule has 7 aromatic carbocycles. The van der Waals surface area contributed by atoms with Gasteiger partial charge in [-0.05, 0) is 62.4 Å². The molecule has 0 radical (unpaired) electrons. The van der Waals surface area contributed by atoms with Crippen molar-refractivity contribution in [3.8, 4) is 55.9 Å². The van der Waals surface area contributed by atoms with Gasteiger partial charge in [0.15, 0.2) is 0 Å². The SMILES string of the molecule is c1ccc(-c2ccc(-c3cc(-c4ccc5c(c4)c4ccccc4c4nccnc54)cc(-c4ccc(-c5ccccc5)cc4)n3)cc2)cc1. The van der Waals surface area contributed by atoms with E-state index in [0.717, 1.165) is 60.8 Å². The van der Waals surface area contributed by atoms with Gasteiger partial charge < -0.3 is 0 Å². The van der Waals surface area contributed by atoms with E-state index in [1.807, 2.05) is 12.1 Å². The van der Waals surface area contributed by atoms with E-state index < -0.39 is 0 Å². The molecule has 48 heavy (non-hydrogen) atoms. The second-order valence-corrected chi connectivity index (χ2v) is 12.1. The van der Waals surface area contributed by atoms with Crippen LogP contribution >= 0.6 is 0 Å². The van der Waals surface area contributed by atoms with E-state index in [1.165, 1.54) is 27.6 Å². The van der Waals surface area contributed by atoms with E-state index in [1.54, 1.807) is 12.4 Å². The van der Waals surface area contributed by atoms with Gasteiger partial charge in [-0.25, -0.2) is 4.98 Å². The Balaban J connectivity index is 1.21. The first kappa shape index (κ1) is 27.8. The fourth-order valence-corrected chi connectivity index (χ4v) is 6.73. The fraction of sp³-hybridized carbons (Fsp3) is 0. The molecule has 0 N–H and O–H groups in total. The van der Waals surface area contributed by atoms with Crippen LogP contribution in [0.3, 0.4) is 0 Å². The first-order valence-corrected chi connectivity index (χ1v) is 16.2. The molecule has 0 aliphatic carbocycles. The van der Waals surface area contributed by atoms with Crippen LogP contribution in [-0.2, 0) is 0 Å². The topological polar surface area (TPSA) is 38.7 Å². The third-order valence-electron chi connectivity index (χ3n) is 9.18. The van der Waals surface area contributed by atoms with E-state index >= 15 is 0 Å². The van der Waals surface area contributed by atoms with Crippen LogP contribution in [0.4, 0.5) is 0 Å². The van der Waals surface area contributed by atoms with Crippen LogP contribution in [-0.4, -0.2) is 15.0 Å². The van der Waals surface area contributed by atoms with Crippen molar-refractivity contribution in [2.75, 3.05) is 0 Å². The van der Waals surface area contributed by atoms with Gasteiger partial charge in [-0.3, -0.25) is 9.97 Å². The third kappa shape index (κ3) is 4.99. The molecule has 0 unspecified atom stereocenters. The molecular formula is C45H29N3. The predicted molar refractivity (Wildman–Crippen MR) is 200 cm³/mol. The Morgan fingerprint density at radius 3 is 1.23 bits per heavy atom. The maximum atomic E-state index is 5.24. The average molecular weight is 612 g/mol. The number of benzene rings is 7. The smallest absolute Gasteiger partial charge is 0.0971 e. The molecule has 0 saturated heterocycles. The standard InChI is InChI=1S/C45H29N3/c1-3-9-30(10-4-1)32-15-19-34(20-16-32)42-28-37(29-43(48-42)35-21-17-33(18-22-35)31-11-5-2-6-12-31)36-23-24-40-41(27-36)38-13-7-8-14-39(38)44-45(40)47-26-25-46-44/h1-29H. The highest BCUT2D eigenvalue weighted by molar-refractivity contribution is 6.23. The maximum Gasteiger partial charge on any atom is 0.0971 e. The van der Waals surface area contributed by atoms with Gasteiger partial charge in [0, 0.05) is 34.3 Å². The van der Waals surface area contributed by atoms with Crippen molar-refractivity contribution in [2.24, 2.45) is 0 Å². The molecule has 3 heteroatoms. The second kappa shape index (κ2) is 11.7. The van der Waals surface area contributed by atoms with Crippen LogP contribution in [0.5, 0.6) is 0 Å². The van der Waals surface area contributed by atoms with Crippen molar-refractivity contribution >= 4 is 32.6 Å². The molecule has 224 valence electrons. The van der Waals surface area contributed by atoms with Crippen molar-refractivity contribution in [1.82, 2.24) is 15.0 Å². The number of pyridine rings is 1. The normalized spacial score (nSPS) is 11.3. The molecule has 0 spiro atoms. The Morgan fingerprint density at radius 1 is 0.271 bits per heavy atom.